The summed E-state index contributed by atoms with van der Waals surface area (Å²) in [4.78, 5) is 8.33. The summed E-state index contributed by atoms with van der Waals surface area (Å²) >= 11 is 0. The minimum Gasteiger partial charge on any atom is -0.461 e. The smallest absolute Gasteiger partial charge is 0.316 e. The molecule has 90 valence electrons. The van der Waals surface area contributed by atoms with Crippen molar-refractivity contribution in [2.75, 3.05) is 13.7 Å². The molecule has 0 aliphatic heterocycles. The Morgan fingerprint density at radius 2 is 1.81 bits per heavy atom. The SMILES string of the molecule is COC(C)COc1ncc(C(C)(C)C)cn1. The van der Waals surface area contributed by atoms with Crippen LogP contribution < -0.4 is 4.74 Å². The summed E-state index contributed by atoms with van der Waals surface area (Å²) in [5, 5.41) is 0. The third-order valence-corrected chi connectivity index (χ3v) is 2.34. The zero-order valence-corrected chi connectivity index (χ0v) is 10.7. The van der Waals surface area contributed by atoms with Crippen molar-refractivity contribution in [3.63, 3.8) is 0 Å². The first-order valence-electron chi connectivity index (χ1n) is 5.41. The first-order chi connectivity index (χ1) is 7.43. The lowest BCUT2D eigenvalue weighted by atomic mass is 9.89. The van der Waals surface area contributed by atoms with Crippen molar-refractivity contribution in [3.05, 3.63) is 18.0 Å². The van der Waals surface area contributed by atoms with Gasteiger partial charge in [0.2, 0.25) is 0 Å². The Hall–Kier alpha value is -1.16. The van der Waals surface area contributed by atoms with E-state index in [-0.39, 0.29) is 11.5 Å². The Labute approximate surface area is 97.0 Å². The molecular formula is C12H20N2O2. The van der Waals surface area contributed by atoms with E-state index >= 15 is 0 Å². The normalized spacial score (nSPS) is 13.6. The van der Waals surface area contributed by atoms with Crippen LogP contribution >= 0.6 is 0 Å². The quantitative estimate of drug-likeness (QED) is 0.786. The average Bonchev–Trinajstić information content (AvgIpc) is 2.25. The van der Waals surface area contributed by atoms with Gasteiger partial charge in [0.1, 0.15) is 6.61 Å². The van der Waals surface area contributed by atoms with Gasteiger partial charge in [-0.15, -0.1) is 0 Å². The van der Waals surface area contributed by atoms with Crippen molar-refractivity contribution < 1.29 is 9.47 Å². The van der Waals surface area contributed by atoms with Gasteiger partial charge in [0.25, 0.3) is 0 Å². The summed E-state index contributed by atoms with van der Waals surface area (Å²) in [6.45, 7) is 8.77. The number of ether oxygens (including phenoxy) is 2. The van der Waals surface area contributed by atoms with Crippen LogP contribution in [0.1, 0.15) is 33.3 Å². The van der Waals surface area contributed by atoms with Crippen molar-refractivity contribution in [1.29, 1.82) is 0 Å². The molecule has 0 fully saturated rings. The molecule has 0 N–H and O–H groups in total. The van der Waals surface area contributed by atoms with E-state index in [1.54, 1.807) is 19.5 Å². The number of hydrogen-bond acceptors (Lipinski definition) is 4. The average molecular weight is 224 g/mol. The molecule has 0 spiro atoms. The van der Waals surface area contributed by atoms with Crippen LogP contribution in [0.25, 0.3) is 0 Å². The molecule has 4 heteroatoms. The zero-order chi connectivity index (χ0) is 12.2. The fourth-order valence-electron chi connectivity index (χ4n) is 1.04. The van der Waals surface area contributed by atoms with Gasteiger partial charge in [-0.3, -0.25) is 0 Å². The number of hydrogen-bond donors (Lipinski definition) is 0. The third kappa shape index (κ3) is 3.77. The Bertz CT molecular complexity index is 317. The minimum absolute atomic E-state index is 0.0471. The molecule has 1 aromatic rings. The van der Waals surface area contributed by atoms with Crippen molar-refractivity contribution in [2.45, 2.75) is 39.2 Å². The Balaban J connectivity index is 2.58. The Morgan fingerprint density at radius 3 is 2.25 bits per heavy atom. The van der Waals surface area contributed by atoms with E-state index in [2.05, 4.69) is 30.7 Å². The summed E-state index contributed by atoms with van der Waals surface area (Å²) in [6, 6.07) is 0.400. The summed E-state index contributed by atoms with van der Waals surface area (Å²) in [5.41, 5.74) is 1.16. The Morgan fingerprint density at radius 1 is 1.25 bits per heavy atom. The van der Waals surface area contributed by atoms with E-state index in [1.165, 1.54) is 0 Å². The first kappa shape index (κ1) is 12.9. The van der Waals surface area contributed by atoms with Crippen LogP contribution in [0.15, 0.2) is 12.4 Å². The lowest BCUT2D eigenvalue weighted by molar-refractivity contribution is 0.0679. The van der Waals surface area contributed by atoms with Crippen LogP contribution in [0.2, 0.25) is 0 Å². The van der Waals surface area contributed by atoms with Gasteiger partial charge in [-0.2, -0.15) is 0 Å². The van der Waals surface area contributed by atoms with Crippen LogP contribution in [0.3, 0.4) is 0 Å². The molecule has 16 heavy (non-hydrogen) atoms. The van der Waals surface area contributed by atoms with E-state index < -0.39 is 0 Å². The summed E-state index contributed by atoms with van der Waals surface area (Å²) in [5.74, 6) is 0. The van der Waals surface area contributed by atoms with Crippen molar-refractivity contribution in [3.8, 4) is 6.01 Å². The molecule has 1 unspecified atom stereocenters. The van der Waals surface area contributed by atoms with Crippen LogP contribution in [0.5, 0.6) is 6.01 Å². The van der Waals surface area contributed by atoms with Crippen molar-refractivity contribution in [2.24, 2.45) is 0 Å². The van der Waals surface area contributed by atoms with Gasteiger partial charge in [0.05, 0.1) is 6.10 Å². The fourth-order valence-corrected chi connectivity index (χ4v) is 1.04. The first-order valence-corrected chi connectivity index (χ1v) is 5.41. The van der Waals surface area contributed by atoms with Crippen LogP contribution in [-0.4, -0.2) is 29.8 Å². The van der Waals surface area contributed by atoms with Crippen molar-refractivity contribution >= 4 is 0 Å². The second-order valence-corrected chi connectivity index (χ2v) is 4.86. The van der Waals surface area contributed by atoms with E-state index in [0.717, 1.165) is 5.56 Å². The van der Waals surface area contributed by atoms with Gasteiger partial charge < -0.3 is 9.47 Å². The van der Waals surface area contributed by atoms with E-state index in [0.29, 0.717) is 12.6 Å². The van der Waals surface area contributed by atoms with Gasteiger partial charge in [-0.25, -0.2) is 9.97 Å². The monoisotopic (exact) mass is 224 g/mol. The number of aromatic nitrogens is 2. The maximum atomic E-state index is 5.38. The Kier molecular flexibility index (Phi) is 4.24. The second-order valence-electron chi connectivity index (χ2n) is 4.86. The largest absolute Gasteiger partial charge is 0.461 e. The van der Waals surface area contributed by atoms with Gasteiger partial charge in [0, 0.05) is 19.5 Å². The molecule has 1 rings (SSSR count). The molecule has 4 nitrogen and oxygen atoms in total. The molecular weight excluding hydrogens is 204 g/mol. The predicted molar refractivity (Wildman–Crippen MR) is 62.7 cm³/mol. The van der Waals surface area contributed by atoms with Gasteiger partial charge in [0.15, 0.2) is 0 Å². The van der Waals surface area contributed by atoms with Crippen LogP contribution in [0, 0.1) is 0 Å². The minimum atomic E-state index is 0.0471. The molecule has 0 saturated heterocycles. The highest BCUT2D eigenvalue weighted by Gasteiger charge is 2.14. The van der Waals surface area contributed by atoms with E-state index in [1.807, 2.05) is 6.92 Å². The predicted octanol–water partition coefficient (Wildman–Crippen LogP) is 2.19. The highest BCUT2D eigenvalue weighted by atomic mass is 16.5. The van der Waals surface area contributed by atoms with Crippen molar-refractivity contribution in [1.82, 2.24) is 9.97 Å². The highest BCUT2D eigenvalue weighted by molar-refractivity contribution is 5.16. The third-order valence-electron chi connectivity index (χ3n) is 2.34. The molecule has 0 radical (unpaired) electrons. The summed E-state index contributed by atoms with van der Waals surface area (Å²) in [6.07, 6.45) is 3.66. The van der Waals surface area contributed by atoms with Gasteiger partial charge >= 0.3 is 6.01 Å². The lowest BCUT2D eigenvalue weighted by Gasteiger charge is -2.17. The van der Waals surface area contributed by atoms with E-state index in [9.17, 15) is 0 Å². The number of rotatable bonds is 4. The molecule has 0 saturated carbocycles. The maximum absolute atomic E-state index is 5.38. The molecule has 1 heterocycles. The van der Waals surface area contributed by atoms with Crippen LogP contribution in [-0.2, 0) is 10.2 Å². The second kappa shape index (κ2) is 5.25. The van der Waals surface area contributed by atoms with Crippen LogP contribution in [0.4, 0.5) is 0 Å². The summed E-state index contributed by atoms with van der Waals surface area (Å²) < 4.78 is 10.4. The maximum Gasteiger partial charge on any atom is 0.316 e. The lowest BCUT2D eigenvalue weighted by Crippen LogP contribution is -2.17. The molecule has 0 aliphatic rings. The molecule has 1 atom stereocenters. The molecule has 1 aromatic heterocycles. The van der Waals surface area contributed by atoms with Gasteiger partial charge in [-0.1, -0.05) is 20.8 Å². The molecule has 0 aromatic carbocycles. The molecule has 0 aliphatic carbocycles. The standard InChI is InChI=1S/C12H20N2O2/c1-9(15-5)8-16-11-13-6-10(7-14-11)12(2,3)4/h6-7,9H,8H2,1-5H3. The number of methoxy groups -OCH3 is 1. The zero-order valence-electron chi connectivity index (χ0n) is 10.7. The summed E-state index contributed by atoms with van der Waals surface area (Å²) in [7, 11) is 1.65. The van der Waals surface area contributed by atoms with Gasteiger partial charge in [-0.05, 0) is 17.9 Å². The highest BCUT2D eigenvalue weighted by Crippen LogP contribution is 2.20. The number of nitrogens with zero attached hydrogens (tertiary/aromatic N) is 2. The fraction of sp³-hybridized carbons (Fsp3) is 0.667. The molecule has 0 amide bonds. The molecule has 0 bridgehead atoms. The topological polar surface area (TPSA) is 44.2 Å². The van der Waals surface area contributed by atoms with E-state index in [4.69, 9.17) is 9.47 Å².